The summed E-state index contributed by atoms with van der Waals surface area (Å²) in [6, 6.07) is 13.4. The first kappa shape index (κ1) is 17.7. The van der Waals surface area contributed by atoms with Gasteiger partial charge in [0.15, 0.2) is 0 Å². The number of carbonyl (C=O) groups is 1. The standard InChI is InChI=1S/C18H19NO4S/c1-3-23-18(20)12-9-15-5-4-6-16(13-15)19-24(21,22)17-10-7-14(2)8-11-17/h4-13,19H,3H2,1-2H3/b12-9+. The van der Waals surface area contributed by atoms with Crippen molar-refractivity contribution in [1.29, 1.82) is 0 Å². The van der Waals surface area contributed by atoms with Crippen molar-refractivity contribution in [3.05, 3.63) is 65.7 Å². The number of sulfonamides is 1. The Kier molecular flexibility index (Phi) is 5.76. The van der Waals surface area contributed by atoms with Crippen LogP contribution in [-0.2, 0) is 19.6 Å². The summed E-state index contributed by atoms with van der Waals surface area (Å²) >= 11 is 0. The predicted octanol–water partition coefficient (Wildman–Crippen LogP) is 3.37. The number of aryl methyl sites for hydroxylation is 1. The zero-order valence-corrected chi connectivity index (χ0v) is 14.3. The molecule has 0 aliphatic heterocycles. The first-order chi connectivity index (χ1) is 11.4. The number of hydrogen-bond acceptors (Lipinski definition) is 4. The van der Waals surface area contributed by atoms with Gasteiger partial charge in [0.25, 0.3) is 10.0 Å². The van der Waals surface area contributed by atoms with E-state index in [1.807, 2.05) is 6.92 Å². The highest BCUT2D eigenvalue weighted by Gasteiger charge is 2.13. The molecule has 5 nitrogen and oxygen atoms in total. The Hall–Kier alpha value is -2.60. The van der Waals surface area contributed by atoms with Gasteiger partial charge in [0, 0.05) is 11.8 Å². The monoisotopic (exact) mass is 345 g/mol. The number of benzene rings is 2. The number of anilines is 1. The molecule has 2 rings (SSSR count). The Morgan fingerprint density at radius 1 is 1.17 bits per heavy atom. The molecule has 0 bridgehead atoms. The van der Waals surface area contributed by atoms with Crippen LogP contribution in [0.2, 0.25) is 0 Å². The third-order valence-electron chi connectivity index (χ3n) is 3.17. The van der Waals surface area contributed by atoms with Crippen LogP contribution in [0, 0.1) is 6.92 Å². The molecule has 0 aromatic heterocycles. The van der Waals surface area contributed by atoms with E-state index >= 15 is 0 Å². The lowest BCUT2D eigenvalue weighted by atomic mass is 10.2. The van der Waals surface area contributed by atoms with E-state index < -0.39 is 16.0 Å². The molecule has 6 heteroatoms. The van der Waals surface area contributed by atoms with Crippen LogP contribution in [0.4, 0.5) is 5.69 Å². The lowest BCUT2D eigenvalue weighted by molar-refractivity contribution is -0.137. The summed E-state index contributed by atoms with van der Waals surface area (Å²) in [5, 5.41) is 0. The molecular formula is C18H19NO4S. The molecule has 0 radical (unpaired) electrons. The predicted molar refractivity (Wildman–Crippen MR) is 94.1 cm³/mol. The molecule has 0 spiro atoms. The van der Waals surface area contributed by atoms with E-state index in [-0.39, 0.29) is 4.90 Å². The van der Waals surface area contributed by atoms with E-state index in [1.54, 1.807) is 61.5 Å². The van der Waals surface area contributed by atoms with Crippen molar-refractivity contribution in [2.75, 3.05) is 11.3 Å². The molecule has 126 valence electrons. The Morgan fingerprint density at radius 2 is 1.88 bits per heavy atom. The molecule has 1 N–H and O–H groups in total. The van der Waals surface area contributed by atoms with E-state index in [0.717, 1.165) is 5.56 Å². The number of esters is 1. The van der Waals surface area contributed by atoms with Crippen molar-refractivity contribution in [3.63, 3.8) is 0 Å². The minimum atomic E-state index is -3.65. The van der Waals surface area contributed by atoms with Crippen LogP contribution in [-0.4, -0.2) is 21.0 Å². The fourth-order valence-corrected chi connectivity index (χ4v) is 3.04. The average molecular weight is 345 g/mol. The molecule has 24 heavy (non-hydrogen) atoms. The van der Waals surface area contributed by atoms with Crippen LogP contribution >= 0.6 is 0 Å². The summed E-state index contributed by atoms with van der Waals surface area (Å²) in [4.78, 5) is 11.5. The van der Waals surface area contributed by atoms with Gasteiger partial charge in [-0.3, -0.25) is 4.72 Å². The van der Waals surface area contributed by atoms with E-state index in [9.17, 15) is 13.2 Å². The maximum atomic E-state index is 12.4. The summed E-state index contributed by atoms with van der Waals surface area (Å²) in [6.45, 7) is 3.93. The Bertz CT molecular complexity index is 840. The Morgan fingerprint density at radius 3 is 2.54 bits per heavy atom. The minimum Gasteiger partial charge on any atom is -0.463 e. The van der Waals surface area contributed by atoms with Gasteiger partial charge in [-0.15, -0.1) is 0 Å². The molecular weight excluding hydrogens is 326 g/mol. The molecule has 0 fully saturated rings. The molecule has 2 aromatic rings. The highest BCUT2D eigenvalue weighted by Crippen LogP contribution is 2.18. The van der Waals surface area contributed by atoms with Gasteiger partial charge in [-0.1, -0.05) is 29.8 Å². The fraction of sp³-hybridized carbons (Fsp3) is 0.167. The van der Waals surface area contributed by atoms with E-state index in [4.69, 9.17) is 4.74 Å². The number of rotatable bonds is 6. The van der Waals surface area contributed by atoms with Crippen molar-refractivity contribution in [2.45, 2.75) is 18.7 Å². The highest BCUT2D eigenvalue weighted by atomic mass is 32.2. The minimum absolute atomic E-state index is 0.195. The summed E-state index contributed by atoms with van der Waals surface area (Å²) in [7, 11) is -3.65. The van der Waals surface area contributed by atoms with Crippen molar-refractivity contribution in [1.82, 2.24) is 0 Å². The summed E-state index contributed by atoms with van der Waals surface area (Å²) < 4.78 is 32.1. The largest absolute Gasteiger partial charge is 0.463 e. The van der Waals surface area contributed by atoms with E-state index in [0.29, 0.717) is 17.9 Å². The van der Waals surface area contributed by atoms with Gasteiger partial charge in [0.05, 0.1) is 11.5 Å². The highest BCUT2D eigenvalue weighted by molar-refractivity contribution is 7.92. The Labute approximate surface area is 142 Å². The third-order valence-corrected chi connectivity index (χ3v) is 4.57. The molecule has 2 aromatic carbocycles. The van der Waals surface area contributed by atoms with Crippen LogP contribution in [0.5, 0.6) is 0 Å². The zero-order chi connectivity index (χ0) is 17.6. The SMILES string of the molecule is CCOC(=O)/C=C/c1cccc(NS(=O)(=O)c2ccc(C)cc2)c1. The lowest BCUT2D eigenvalue weighted by Crippen LogP contribution is -2.12. The Balaban J connectivity index is 2.17. The second-order valence-electron chi connectivity index (χ2n) is 5.13. The van der Waals surface area contributed by atoms with Gasteiger partial charge in [0.2, 0.25) is 0 Å². The maximum Gasteiger partial charge on any atom is 0.330 e. The van der Waals surface area contributed by atoms with Gasteiger partial charge in [-0.2, -0.15) is 0 Å². The molecule has 0 atom stereocenters. The normalized spacial score (nSPS) is 11.4. The van der Waals surface area contributed by atoms with Gasteiger partial charge in [-0.25, -0.2) is 13.2 Å². The third kappa shape index (κ3) is 4.96. The second kappa shape index (κ2) is 7.79. The second-order valence-corrected chi connectivity index (χ2v) is 6.81. The van der Waals surface area contributed by atoms with Crippen LogP contribution in [0.25, 0.3) is 6.08 Å². The molecule has 0 saturated heterocycles. The van der Waals surface area contributed by atoms with Crippen LogP contribution in [0.1, 0.15) is 18.1 Å². The number of nitrogens with one attached hydrogen (secondary N) is 1. The first-order valence-electron chi connectivity index (χ1n) is 7.45. The molecule has 0 aliphatic rings. The van der Waals surface area contributed by atoms with Gasteiger partial charge < -0.3 is 4.74 Å². The van der Waals surface area contributed by atoms with Crippen molar-refractivity contribution >= 4 is 27.8 Å². The molecule has 0 unspecified atom stereocenters. The molecule has 0 amide bonds. The molecule has 0 aliphatic carbocycles. The molecule has 0 saturated carbocycles. The number of ether oxygens (including phenoxy) is 1. The van der Waals surface area contributed by atoms with Crippen LogP contribution in [0.15, 0.2) is 59.5 Å². The van der Waals surface area contributed by atoms with Gasteiger partial charge >= 0.3 is 5.97 Å². The first-order valence-corrected chi connectivity index (χ1v) is 8.93. The van der Waals surface area contributed by atoms with Crippen molar-refractivity contribution < 1.29 is 17.9 Å². The van der Waals surface area contributed by atoms with Crippen molar-refractivity contribution in [3.8, 4) is 0 Å². The number of hydrogen-bond donors (Lipinski definition) is 1. The van der Waals surface area contributed by atoms with Gasteiger partial charge in [-0.05, 0) is 49.8 Å². The topological polar surface area (TPSA) is 72.5 Å². The number of carbonyl (C=O) groups excluding carboxylic acids is 1. The zero-order valence-electron chi connectivity index (χ0n) is 13.5. The summed E-state index contributed by atoms with van der Waals surface area (Å²) in [6.07, 6.45) is 2.87. The van der Waals surface area contributed by atoms with E-state index in [1.165, 1.54) is 6.08 Å². The van der Waals surface area contributed by atoms with Crippen LogP contribution < -0.4 is 4.72 Å². The van der Waals surface area contributed by atoms with E-state index in [2.05, 4.69) is 4.72 Å². The van der Waals surface area contributed by atoms with Crippen LogP contribution in [0.3, 0.4) is 0 Å². The molecule has 0 heterocycles. The van der Waals surface area contributed by atoms with Crippen molar-refractivity contribution in [2.24, 2.45) is 0 Å². The lowest BCUT2D eigenvalue weighted by Gasteiger charge is -2.09. The maximum absolute atomic E-state index is 12.4. The average Bonchev–Trinajstić information content (AvgIpc) is 2.53. The quantitative estimate of drug-likeness (QED) is 0.643. The fourth-order valence-electron chi connectivity index (χ4n) is 1.99. The smallest absolute Gasteiger partial charge is 0.330 e. The summed E-state index contributed by atoms with van der Waals surface area (Å²) in [5.74, 6) is -0.442. The van der Waals surface area contributed by atoms with Gasteiger partial charge in [0.1, 0.15) is 0 Å². The summed E-state index contributed by atoms with van der Waals surface area (Å²) in [5.41, 5.74) is 2.09.